The maximum Gasteiger partial charge on any atom is 0.0571 e. The second-order valence-corrected chi connectivity index (χ2v) is 5.86. The van der Waals surface area contributed by atoms with E-state index in [4.69, 9.17) is 9.84 Å². The molecule has 0 heterocycles. The highest BCUT2D eigenvalue weighted by Gasteiger charge is 2.07. The largest absolute Gasteiger partial charge is 0.396 e. The van der Waals surface area contributed by atoms with Crippen LogP contribution in [0.1, 0.15) is 84.0 Å². The standard InChI is InChI=1S/C17H36O3/c1-3-4-5-8-13-17(20-2)14-9-6-7-11-16(19)12-10-15-18/h16-19H,3-15H2,1-2H3. The molecule has 0 amide bonds. The van der Waals surface area contributed by atoms with Crippen molar-refractivity contribution in [3.8, 4) is 0 Å². The van der Waals surface area contributed by atoms with E-state index in [9.17, 15) is 5.11 Å². The first-order valence-corrected chi connectivity index (χ1v) is 8.56. The Morgan fingerprint density at radius 1 is 0.800 bits per heavy atom. The molecule has 122 valence electrons. The molecule has 2 unspecified atom stereocenters. The van der Waals surface area contributed by atoms with Gasteiger partial charge in [-0.1, -0.05) is 51.9 Å². The molecule has 2 atom stereocenters. The fourth-order valence-corrected chi connectivity index (χ4v) is 2.58. The van der Waals surface area contributed by atoms with E-state index in [1.807, 2.05) is 7.11 Å². The first-order chi connectivity index (χ1) is 9.74. The lowest BCUT2D eigenvalue weighted by molar-refractivity contribution is 0.0825. The molecule has 0 aromatic carbocycles. The summed E-state index contributed by atoms with van der Waals surface area (Å²) in [6, 6.07) is 0. The van der Waals surface area contributed by atoms with Crippen LogP contribution in [0.25, 0.3) is 0 Å². The zero-order valence-electron chi connectivity index (χ0n) is 13.6. The van der Waals surface area contributed by atoms with Crippen LogP contribution in [0.2, 0.25) is 0 Å². The molecule has 0 aromatic rings. The van der Waals surface area contributed by atoms with E-state index in [2.05, 4.69) is 6.92 Å². The van der Waals surface area contributed by atoms with E-state index in [-0.39, 0.29) is 12.7 Å². The average molecular weight is 288 g/mol. The molecule has 20 heavy (non-hydrogen) atoms. The summed E-state index contributed by atoms with van der Waals surface area (Å²) in [5.74, 6) is 0. The van der Waals surface area contributed by atoms with Crippen LogP contribution in [0.3, 0.4) is 0 Å². The SMILES string of the molecule is CCCCCCC(CCCCCC(O)CCCO)OC. The minimum Gasteiger partial charge on any atom is -0.396 e. The Kier molecular flexibility index (Phi) is 15.2. The van der Waals surface area contributed by atoms with E-state index in [0.29, 0.717) is 12.5 Å². The number of aliphatic hydroxyl groups is 2. The highest BCUT2D eigenvalue weighted by Crippen LogP contribution is 2.15. The van der Waals surface area contributed by atoms with Crippen molar-refractivity contribution in [2.75, 3.05) is 13.7 Å². The fraction of sp³-hybridized carbons (Fsp3) is 1.00. The van der Waals surface area contributed by atoms with Gasteiger partial charge in [0.15, 0.2) is 0 Å². The average Bonchev–Trinajstić information content (AvgIpc) is 2.46. The minimum atomic E-state index is -0.227. The van der Waals surface area contributed by atoms with Crippen LogP contribution in [-0.2, 0) is 4.74 Å². The first-order valence-electron chi connectivity index (χ1n) is 8.56. The van der Waals surface area contributed by atoms with Crippen LogP contribution >= 0.6 is 0 Å². The van der Waals surface area contributed by atoms with Gasteiger partial charge in [-0.15, -0.1) is 0 Å². The molecule has 0 aliphatic rings. The number of hydrogen-bond donors (Lipinski definition) is 2. The van der Waals surface area contributed by atoms with E-state index in [1.165, 1.54) is 44.9 Å². The smallest absolute Gasteiger partial charge is 0.0571 e. The molecule has 0 fully saturated rings. The van der Waals surface area contributed by atoms with Gasteiger partial charge in [0.05, 0.1) is 12.2 Å². The van der Waals surface area contributed by atoms with Crippen LogP contribution in [0, 0.1) is 0 Å². The Labute approximate surface area is 125 Å². The number of rotatable bonds is 15. The molecule has 0 aliphatic carbocycles. The van der Waals surface area contributed by atoms with Crippen molar-refractivity contribution in [2.24, 2.45) is 0 Å². The van der Waals surface area contributed by atoms with Gasteiger partial charge in [-0.2, -0.15) is 0 Å². The zero-order chi connectivity index (χ0) is 15.1. The van der Waals surface area contributed by atoms with Crippen LogP contribution in [-0.4, -0.2) is 36.1 Å². The molecule has 0 aromatic heterocycles. The summed E-state index contributed by atoms with van der Waals surface area (Å²) in [5, 5.41) is 18.4. The predicted octanol–water partition coefficient (Wildman–Crippen LogP) is 4.06. The van der Waals surface area contributed by atoms with E-state index >= 15 is 0 Å². The third-order valence-corrected chi connectivity index (χ3v) is 3.97. The topological polar surface area (TPSA) is 49.7 Å². The number of unbranched alkanes of at least 4 members (excludes halogenated alkanes) is 5. The summed E-state index contributed by atoms with van der Waals surface area (Å²) in [5.41, 5.74) is 0. The van der Waals surface area contributed by atoms with Gasteiger partial charge < -0.3 is 14.9 Å². The van der Waals surface area contributed by atoms with Gasteiger partial charge in [-0.05, 0) is 32.1 Å². The van der Waals surface area contributed by atoms with Gasteiger partial charge in [0, 0.05) is 13.7 Å². The molecule has 0 aliphatic heterocycles. The Bertz CT molecular complexity index is 185. The summed E-state index contributed by atoms with van der Waals surface area (Å²) in [4.78, 5) is 0. The van der Waals surface area contributed by atoms with E-state index in [0.717, 1.165) is 25.7 Å². The van der Waals surface area contributed by atoms with Crippen LogP contribution < -0.4 is 0 Å². The molecule has 3 heteroatoms. The van der Waals surface area contributed by atoms with Gasteiger partial charge in [0.25, 0.3) is 0 Å². The van der Waals surface area contributed by atoms with Crippen molar-refractivity contribution in [1.82, 2.24) is 0 Å². The summed E-state index contributed by atoms with van der Waals surface area (Å²) < 4.78 is 5.53. The highest BCUT2D eigenvalue weighted by molar-refractivity contribution is 4.60. The van der Waals surface area contributed by atoms with Crippen molar-refractivity contribution >= 4 is 0 Å². The lowest BCUT2D eigenvalue weighted by Gasteiger charge is -2.15. The van der Waals surface area contributed by atoms with Crippen LogP contribution in [0.5, 0.6) is 0 Å². The summed E-state index contributed by atoms with van der Waals surface area (Å²) in [7, 11) is 1.82. The number of ether oxygens (including phenoxy) is 1. The van der Waals surface area contributed by atoms with Crippen molar-refractivity contribution in [1.29, 1.82) is 0 Å². The number of methoxy groups -OCH3 is 1. The Morgan fingerprint density at radius 2 is 1.35 bits per heavy atom. The molecule has 0 saturated carbocycles. The molecular weight excluding hydrogens is 252 g/mol. The van der Waals surface area contributed by atoms with Crippen LogP contribution in [0.4, 0.5) is 0 Å². The van der Waals surface area contributed by atoms with Crippen molar-refractivity contribution in [2.45, 2.75) is 96.2 Å². The van der Waals surface area contributed by atoms with Gasteiger partial charge >= 0.3 is 0 Å². The molecular formula is C17H36O3. The van der Waals surface area contributed by atoms with Gasteiger partial charge in [-0.3, -0.25) is 0 Å². The zero-order valence-corrected chi connectivity index (χ0v) is 13.6. The van der Waals surface area contributed by atoms with Gasteiger partial charge in [0.2, 0.25) is 0 Å². The lowest BCUT2D eigenvalue weighted by atomic mass is 10.0. The number of hydrogen-bond acceptors (Lipinski definition) is 3. The van der Waals surface area contributed by atoms with Gasteiger partial charge in [0.1, 0.15) is 0 Å². The molecule has 2 N–H and O–H groups in total. The van der Waals surface area contributed by atoms with E-state index in [1.54, 1.807) is 0 Å². The summed E-state index contributed by atoms with van der Waals surface area (Å²) in [6.07, 6.45) is 13.5. The third-order valence-electron chi connectivity index (χ3n) is 3.97. The quantitative estimate of drug-likeness (QED) is 0.447. The first kappa shape index (κ1) is 19.9. The van der Waals surface area contributed by atoms with Gasteiger partial charge in [-0.25, -0.2) is 0 Å². The second-order valence-electron chi connectivity index (χ2n) is 5.86. The maximum absolute atomic E-state index is 9.67. The summed E-state index contributed by atoms with van der Waals surface area (Å²) in [6.45, 7) is 2.42. The van der Waals surface area contributed by atoms with Crippen molar-refractivity contribution in [3.63, 3.8) is 0 Å². The second kappa shape index (κ2) is 15.3. The van der Waals surface area contributed by atoms with Crippen LogP contribution in [0.15, 0.2) is 0 Å². The van der Waals surface area contributed by atoms with E-state index < -0.39 is 0 Å². The fourth-order valence-electron chi connectivity index (χ4n) is 2.58. The number of aliphatic hydroxyl groups excluding tert-OH is 2. The maximum atomic E-state index is 9.67. The monoisotopic (exact) mass is 288 g/mol. The molecule has 0 radical (unpaired) electrons. The molecule has 0 bridgehead atoms. The summed E-state index contributed by atoms with van der Waals surface area (Å²) >= 11 is 0. The molecule has 0 saturated heterocycles. The van der Waals surface area contributed by atoms with Crippen molar-refractivity contribution < 1.29 is 14.9 Å². The Balaban J connectivity index is 3.41. The highest BCUT2D eigenvalue weighted by atomic mass is 16.5. The van der Waals surface area contributed by atoms with Crippen molar-refractivity contribution in [3.05, 3.63) is 0 Å². The molecule has 0 rings (SSSR count). The normalized spacial score (nSPS) is 14.4. The minimum absolute atomic E-state index is 0.185. The molecule has 0 spiro atoms. The Hall–Kier alpha value is -0.120. The predicted molar refractivity (Wildman–Crippen MR) is 85.0 cm³/mol. The third kappa shape index (κ3) is 12.9. The lowest BCUT2D eigenvalue weighted by Crippen LogP contribution is -2.11. The Morgan fingerprint density at radius 3 is 1.90 bits per heavy atom. The molecule has 3 nitrogen and oxygen atoms in total.